The molecule has 20 heavy (non-hydrogen) atoms. The van der Waals surface area contributed by atoms with E-state index < -0.39 is 21.8 Å². The molecule has 7 heteroatoms. The number of ether oxygens (including phenoxy) is 1. The predicted molar refractivity (Wildman–Crippen MR) is 72.8 cm³/mol. The Balaban J connectivity index is 1.77. The quantitative estimate of drug-likeness (QED) is 0.780. The molecule has 0 aromatic heterocycles. The molecule has 0 spiro atoms. The minimum atomic E-state index is -4.00. The SMILES string of the molecule is O=C(NC1(CCS(=O)(=O)O)CC1)OCc1ccccc1. The molecule has 1 aliphatic rings. The lowest BCUT2D eigenvalue weighted by atomic mass is 10.2. The van der Waals surface area contributed by atoms with Gasteiger partial charge in [0.25, 0.3) is 10.1 Å². The lowest BCUT2D eigenvalue weighted by Gasteiger charge is -2.16. The normalized spacial score (nSPS) is 16.4. The van der Waals surface area contributed by atoms with Crippen molar-refractivity contribution in [3.63, 3.8) is 0 Å². The van der Waals surface area contributed by atoms with Gasteiger partial charge in [0.05, 0.1) is 5.75 Å². The highest BCUT2D eigenvalue weighted by molar-refractivity contribution is 7.85. The van der Waals surface area contributed by atoms with Gasteiger partial charge in [-0.1, -0.05) is 30.3 Å². The Morgan fingerprint density at radius 2 is 1.95 bits per heavy atom. The van der Waals surface area contributed by atoms with Gasteiger partial charge in [-0.3, -0.25) is 4.55 Å². The standard InChI is InChI=1S/C13H17NO5S/c15-12(19-10-11-4-2-1-3-5-11)14-13(6-7-13)8-9-20(16,17)18/h1-5H,6-10H2,(H,14,15)(H,16,17,18). The van der Waals surface area contributed by atoms with Gasteiger partial charge in [-0.15, -0.1) is 0 Å². The van der Waals surface area contributed by atoms with Crippen molar-refractivity contribution in [1.29, 1.82) is 0 Å². The Kier molecular flexibility index (Phi) is 4.29. The molecular weight excluding hydrogens is 282 g/mol. The fourth-order valence-electron chi connectivity index (χ4n) is 1.89. The Labute approximate surface area is 117 Å². The van der Waals surface area contributed by atoms with Gasteiger partial charge >= 0.3 is 6.09 Å². The van der Waals surface area contributed by atoms with Crippen molar-refractivity contribution >= 4 is 16.2 Å². The number of benzene rings is 1. The topological polar surface area (TPSA) is 92.7 Å². The largest absolute Gasteiger partial charge is 0.445 e. The maximum absolute atomic E-state index is 11.7. The third-order valence-corrected chi connectivity index (χ3v) is 3.99. The summed E-state index contributed by atoms with van der Waals surface area (Å²) in [5.74, 6) is -0.355. The molecule has 1 amide bonds. The molecule has 2 rings (SSSR count). The van der Waals surface area contributed by atoms with Gasteiger partial charge in [0.1, 0.15) is 6.61 Å². The highest BCUT2D eigenvalue weighted by atomic mass is 32.2. The summed E-state index contributed by atoms with van der Waals surface area (Å²) < 4.78 is 35.2. The van der Waals surface area contributed by atoms with Crippen LogP contribution in [0.2, 0.25) is 0 Å². The Bertz CT molecular complexity index is 566. The molecule has 1 aromatic rings. The van der Waals surface area contributed by atoms with Crippen LogP contribution in [-0.2, 0) is 21.5 Å². The number of nitrogens with one attached hydrogen (secondary N) is 1. The van der Waals surface area contributed by atoms with Crippen LogP contribution >= 0.6 is 0 Å². The first-order valence-corrected chi connectivity index (χ1v) is 7.94. The molecule has 1 fully saturated rings. The third kappa shape index (κ3) is 4.82. The summed E-state index contributed by atoms with van der Waals surface area (Å²) in [4.78, 5) is 11.7. The molecule has 0 aliphatic heterocycles. The highest BCUT2D eigenvalue weighted by Gasteiger charge is 2.44. The molecule has 2 N–H and O–H groups in total. The number of alkyl carbamates (subject to hydrolysis) is 1. The van der Waals surface area contributed by atoms with Crippen LogP contribution in [0, 0.1) is 0 Å². The Morgan fingerprint density at radius 3 is 2.50 bits per heavy atom. The molecule has 0 radical (unpaired) electrons. The van der Waals surface area contributed by atoms with Crippen LogP contribution in [0.5, 0.6) is 0 Å². The van der Waals surface area contributed by atoms with Crippen LogP contribution in [-0.4, -0.2) is 30.4 Å². The van der Waals surface area contributed by atoms with Crippen molar-refractivity contribution in [2.75, 3.05) is 5.75 Å². The van der Waals surface area contributed by atoms with Gasteiger partial charge in [-0.05, 0) is 24.8 Å². The first kappa shape index (κ1) is 14.8. The fraction of sp³-hybridized carbons (Fsp3) is 0.462. The van der Waals surface area contributed by atoms with E-state index in [4.69, 9.17) is 9.29 Å². The summed E-state index contributed by atoms with van der Waals surface area (Å²) in [6.07, 6.45) is 1.03. The number of carbonyl (C=O) groups excluding carboxylic acids is 1. The molecule has 0 atom stereocenters. The maximum Gasteiger partial charge on any atom is 0.407 e. The smallest absolute Gasteiger partial charge is 0.407 e. The van der Waals surface area contributed by atoms with E-state index >= 15 is 0 Å². The monoisotopic (exact) mass is 299 g/mol. The fourth-order valence-corrected chi connectivity index (χ4v) is 2.54. The van der Waals surface area contributed by atoms with E-state index in [1.807, 2.05) is 30.3 Å². The van der Waals surface area contributed by atoms with E-state index in [0.29, 0.717) is 12.8 Å². The molecule has 110 valence electrons. The minimum Gasteiger partial charge on any atom is -0.445 e. The van der Waals surface area contributed by atoms with Crippen molar-refractivity contribution in [1.82, 2.24) is 5.32 Å². The zero-order valence-corrected chi connectivity index (χ0v) is 11.7. The maximum atomic E-state index is 11.7. The molecule has 0 unspecified atom stereocenters. The van der Waals surface area contributed by atoms with Gasteiger partial charge in [-0.2, -0.15) is 8.42 Å². The molecule has 0 saturated heterocycles. The molecule has 1 saturated carbocycles. The van der Waals surface area contributed by atoms with Crippen LogP contribution in [0.25, 0.3) is 0 Å². The lowest BCUT2D eigenvalue weighted by molar-refractivity contribution is 0.134. The molecule has 6 nitrogen and oxygen atoms in total. The van der Waals surface area contributed by atoms with E-state index in [1.165, 1.54) is 0 Å². The first-order valence-electron chi connectivity index (χ1n) is 6.33. The summed E-state index contributed by atoms with van der Waals surface area (Å²) in [7, 11) is -4.00. The minimum absolute atomic E-state index is 0.168. The number of hydrogen-bond donors (Lipinski definition) is 2. The van der Waals surface area contributed by atoms with Gasteiger partial charge in [0, 0.05) is 5.54 Å². The zero-order valence-electron chi connectivity index (χ0n) is 10.9. The van der Waals surface area contributed by atoms with Crippen molar-refractivity contribution in [2.24, 2.45) is 0 Å². The molecular formula is C13H17NO5S. The number of amides is 1. The third-order valence-electron chi connectivity index (χ3n) is 3.27. The second kappa shape index (κ2) is 5.80. The first-order chi connectivity index (χ1) is 9.39. The van der Waals surface area contributed by atoms with E-state index in [2.05, 4.69) is 5.32 Å². The van der Waals surface area contributed by atoms with Crippen molar-refractivity contribution < 1.29 is 22.5 Å². The van der Waals surface area contributed by atoms with Gasteiger partial charge < -0.3 is 10.1 Å². The van der Waals surface area contributed by atoms with E-state index in [0.717, 1.165) is 5.56 Å². The van der Waals surface area contributed by atoms with E-state index in [1.54, 1.807) is 0 Å². The molecule has 0 heterocycles. The van der Waals surface area contributed by atoms with Crippen molar-refractivity contribution in [3.8, 4) is 0 Å². The molecule has 1 aromatic carbocycles. The lowest BCUT2D eigenvalue weighted by Crippen LogP contribution is -2.38. The van der Waals surface area contributed by atoms with Crippen LogP contribution in [0.15, 0.2) is 30.3 Å². The van der Waals surface area contributed by atoms with E-state index in [9.17, 15) is 13.2 Å². The average Bonchev–Trinajstić information content (AvgIpc) is 3.15. The van der Waals surface area contributed by atoms with E-state index in [-0.39, 0.29) is 18.8 Å². The van der Waals surface area contributed by atoms with Crippen LogP contribution in [0.1, 0.15) is 24.8 Å². The van der Waals surface area contributed by atoms with Crippen LogP contribution in [0.4, 0.5) is 4.79 Å². The summed E-state index contributed by atoms with van der Waals surface area (Å²) in [6, 6.07) is 9.27. The summed E-state index contributed by atoms with van der Waals surface area (Å²) >= 11 is 0. The van der Waals surface area contributed by atoms with Crippen LogP contribution < -0.4 is 5.32 Å². The molecule has 0 bridgehead atoms. The second-order valence-electron chi connectivity index (χ2n) is 5.00. The summed E-state index contributed by atoms with van der Waals surface area (Å²) in [5, 5.41) is 2.67. The predicted octanol–water partition coefficient (Wildman–Crippen LogP) is 1.72. The Hall–Kier alpha value is -1.60. The summed E-state index contributed by atoms with van der Waals surface area (Å²) in [5.41, 5.74) is 0.342. The van der Waals surface area contributed by atoms with Crippen molar-refractivity contribution in [2.45, 2.75) is 31.4 Å². The van der Waals surface area contributed by atoms with Gasteiger partial charge in [0.15, 0.2) is 0 Å². The average molecular weight is 299 g/mol. The Morgan fingerprint density at radius 1 is 1.30 bits per heavy atom. The number of hydrogen-bond acceptors (Lipinski definition) is 4. The number of rotatable bonds is 6. The highest BCUT2D eigenvalue weighted by Crippen LogP contribution is 2.39. The van der Waals surface area contributed by atoms with Crippen LogP contribution in [0.3, 0.4) is 0 Å². The van der Waals surface area contributed by atoms with Crippen molar-refractivity contribution in [3.05, 3.63) is 35.9 Å². The van der Waals surface area contributed by atoms with Gasteiger partial charge in [0.2, 0.25) is 0 Å². The zero-order chi connectivity index (χ0) is 14.6. The molecule has 1 aliphatic carbocycles. The summed E-state index contributed by atoms with van der Waals surface area (Å²) in [6.45, 7) is 0.168. The van der Waals surface area contributed by atoms with Gasteiger partial charge in [-0.25, -0.2) is 4.79 Å². The second-order valence-corrected chi connectivity index (χ2v) is 6.58. The number of carbonyl (C=O) groups is 1.